The summed E-state index contributed by atoms with van der Waals surface area (Å²) in [5.74, 6) is 0.129. The van der Waals surface area contributed by atoms with Gasteiger partial charge in [0.1, 0.15) is 0 Å². The summed E-state index contributed by atoms with van der Waals surface area (Å²) in [7, 11) is -4.00. The lowest BCUT2D eigenvalue weighted by atomic mass is 10.3. The molecule has 1 heterocycles. The van der Waals surface area contributed by atoms with Crippen molar-refractivity contribution in [3.05, 3.63) is 12.7 Å². The number of allylic oxidation sites excluding steroid dienone is 1. The summed E-state index contributed by atoms with van der Waals surface area (Å²) in [5.41, 5.74) is 0. The molecule has 4 nitrogen and oxygen atoms in total. The Labute approximate surface area is 97.6 Å². The number of ketones is 1. The maximum absolute atomic E-state index is 11.3. The van der Waals surface area contributed by atoms with Crippen LogP contribution in [-0.4, -0.2) is 39.6 Å². The largest absolute Gasteiger partial charge is 0.294 e. The SMILES string of the molecule is C=CC(=O)C1CSC(C)(CS(=O)(=O)O)S1. The molecule has 0 saturated carbocycles. The van der Waals surface area contributed by atoms with Crippen LogP contribution in [0.2, 0.25) is 0 Å². The second-order valence-electron chi connectivity index (χ2n) is 3.38. The van der Waals surface area contributed by atoms with Crippen LogP contribution in [0.5, 0.6) is 0 Å². The Morgan fingerprint density at radius 3 is 2.80 bits per heavy atom. The molecule has 0 aromatic heterocycles. The van der Waals surface area contributed by atoms with Crippen LogP contribution in [-0.2, 0) is 14.9 Å². The van der Waals surface area contributed by atoms with Crippen LogP contribution in [0.3, 0.4) is 0 Å². The van der Waals surface area contributed by atoms with Gasteiger partial charge in [-0.25, -0.2) is 0 Å². The summed E-state index contributed by atoms with van der Waals surface area (Å²) in [6.07, 6.45) is 1.25. The summed E-state index contributed by atoms with van der Waals surface area (Å²) >= 11 is 2.65. The lowest BCUT2D eigenvalue weighted by molar-refractivity contribution is -0.113. The van der Waals surface area contributed by atoms with Crippen LogP contribution < -0.4 is 0 Å². The van der Waals surface area contributed by atoms with E-state index >= 15 is 0 Å². The number of hydrogen-bond acceptors (Lipinski definition) is 5. The third-order valence-electron chi connectivity index (χ3n) is 1.89. The first-order valence-electron chi connectivity index (χ1n) is 4.19. The zero-order chi connectivity index (χ0) is 11.7. The maximum atomic E-state index is 11.3. The van der Waals surface area contributed by atoms with E-state index in [2.05, 4.69) is 6.58 Å². The molecule has 86 valence electrons. The molecule has 0 aliphatic carbocycles. The summed E-state index contributed by atoms with van der Waals surface area (Å²) < 4.78 is 29.6. The zero-order valence-electron chi connectivity index (χ0n) is 8.17. The van der Waals surface area contributed by atoms with E-state index in [0.29, 0.717) is 5.75 Å². The monoisotopic (exact) mass is 268 g/mol. The molecule has 2 unspecified atom stereocenters. The molecule has 1 saturated heterocycles. The van der Waals surface area contributed by atoms with Gasteiger partial charge >= 0.3 is 0 Å². The lowest BCUT2D eigenvalue weighted by Crippen LogP contribution is -2.25. The van der Waals surface area contributed by atoms with Crippen molar-refractivity contribution in [2.24, 2.45) is 0 Å². The van der Waals surface area contributed by atoms with E-state index in [1.54, 1.807) is 6.92 Å². The first kappa shape index (κ1) is 13.1. The van der Waals surface area contributed by atoms with Crippen molar-refractivity contribution in [2.75, 3.05) is 11.5 Å². The van der Waals surface area contributed by atoms with Gasteiger partial charge in [0.15, 0.2) is 5.78 Å². The molecule has 1 aliphatic rings. The highest BCUT2D eigenvalue weighted by Gasteiger charge is 2.41. The molecular formula is C8H12O4S3. The minimum absolute atomic E-state index is 0.0911. The molecule has 15 heavy (non-hydrogen) atoms. The highest BCUT2D eigenvalue weighted by Crippen LogP contribution is 2.48. The first-order valence-corrected chi connectivity index (χ1v) is 7.66. The van der Waals surface area contributed by atoms with Gasteiger partial charge in [0.25, 0.3) is 10.1 Å². The highest BCUT2D eigenvalue weighted by atomic mass is 32.2. The molecule has 1 rings (SSSR count). The molecule has 7 heteroatoms. The van der Waals surface area contributed by atoms with Crippen molar-refractivity contribution in [3.63, 3.8) is 0 Å². The average Bonchev–Trinajstić information content (AvgIpc) is 2.43. The van der Waals surface area contributed by atoms with E-state index < -0.39 is 14.2 Å². The van der Waals surface area contributed by atoms with E-state index in [1.807, 2.05) is 0 Å². The van der Waals surface area contributed by atoms with Gasteiger partial charge in [-0.1, -0.05) is 6.58 Å². The lowest BCUT2D eigenvalue weighted by Gasteiger charge is -2.19. The van der Waals surface area contributed by atoms with Gasteiger partial charge in [0, 0.05) is 5.75 Å². The fraction of sp³-hybridized carbons (Fsp3) is 0.625. The van der Waals surface area contributed by atoms with Crippen LogP contribution in [0.1, 0.15) is 6.92 Å². The molecule has 1 N–H and O–H groups in total. The Kier molecular flexibility index (Phi) is 3.91. The fourth-order valence-electron chi connectivity index (χ4n) is 1.30. The topological polar surface area (TPSA) is 71.4 Å². The molecule has 0 amide bonds. The molecular weight excluding hydrogens is 256 g/mol. The van der Waals surface area contributed by atoms with Crippen LogP contribution in [0, 0.1) is 0 Å². The number of carbonyl (C=O) groups excluding carboxylic acids is 1. The molecule has 1 aliphatic heterocycles. The minimum atomic E-state index is -4.00. The summed E-state index contributed by atoms with van der Waals surface area (Å²) in [4.78, 5) is 11.3. The normalized spacial score (nSPS) is 31.5. The second kappa shape index (κ2) is 4.48. The third-order valence-corrected chi connectivity index (χ3v) is 6.64. The van der Waals surface area contributed by atoms with Gasteiger partial charge in [0.2, 0.25) is 0 Å². The van der Waals surface area contributed by atoms with Crippen LogP contribution in [0.4, 0.5) is 0 Å². The average molecular weight is 268 g/mol. The van der Waals surface area contributed by atoms with Gasteiger partial charge in [-0.3, -0.25) is 9.35 Å². The standard InChI is InChI=1S/C8H12O4S3/c1-3-6(9)7-4-13-8(2,14-7)5-15(10,11)12/h3,7H,1,4-5H2,2H3,(H,10,11,12). The quantitative estimate of drug-likeness (QED) is 0.610. The predicted molar refractivity (Wildman–Crippen MR) is 63.9 cm³/mol. The smallest absolute Gasteiger partial charge is 0.267 e. The Bertz CT molecular complexity index is 375. The number of hydrogen-bond donors (Lipinski definition) is 1. The molecule has 0 bridgehead atoms. The molecule has 1 fully saturated rings. The highest BCUT2D eigenvalue weighted by molar-refractivity contribution is 8.22. The van der Waals surface area contributed by atoms with Gasteiger partial charge in [-0.05, 0) is 13.0 Å². The number of rotatable bonds is 4. The third kappa shape index (κ3) is 3.82. The molecule has 0 aromatic carbocycles. The van der Waals surface area contributed by atoms with Gasteiger partial charge in [0.05, 0.1) is 15.1 Å². The van der Waals surface area contributed by atoms with E-state index in [1.165, 1.54) is 29.6 Å². The number of carbonyl (C=O) groups is 1. The van der Waals surface area contributed by atoms with Crippen LogP contribution in [0.25, 0.3) is 0 Å². The van der Waals surface area contributed by atoms with Gasteiger partial charge in [-0.15, -0.1) is 23.5 Å². The zero-order valence-corrected chi connectivity index (χ0v) is 10.6. The van der Waals surface area contributed by atoms with Crippen molar-refractivity contribution in [1.82, 2.24) is 0 Å². The summed E-state index contributed by atoms with van der Waals surface area (Å²) in [5, 5.41) is -0.251. The van der Waals surface area contributed by atoms with Gasteiger partial charge < -0.3 is 0 Å². The van der Waals surface area contributed by atoms with E-state index in [9.17, 15) is 13.2 Å². The molecule has 2 atom stereocenters. The Hall–Kier alpha value is 0.0200. The van der Waals surface area contributed by atoms with Crippen molar-refractivity contribution in [1.29, 1.82) is 0 Å². The minimum Gasteiger partial charge on any atom is -0.294 e. The van der Waals surface area contributed by atoms with Gasteiger partial charge in [-0.2, -0.15) is 8.42 Å². The summed E-state index contributed by atoms with van der Waals surface area (Å²) in [6.45, 7) is 5.10. The van der Waals surface area contributed by atoms with Crippen LogP contribution >= 0.6 is 23.5 Å². The fourth-order valence-corrected chi connectivity index (χ4v) is 6.24. The Morgan fingerprint density at radius 2 is 2.33 bits per heavy atom. The van der Waals surface area contributed by atoms with Crippen molar-refractivity contribution in [2.45, 2.75) is 16.3 Å². The van der Waals surface area contributed by atoms with E-state index in [-0.39, 0.29) is 16.8 Å². The van der Waals surface area contributed by atoms with Crippen molar-refractivity contribution in [3.8, 4) is 0 Å². The molecule has 0 radical (unpaired) electrons. The first-order chi connectivity index (χ1) is 6.76. The van der Waals surface area contributed by atoms with Crippen molar-refractivity contribution < 1.29 is 17.8 Å². The Morgan fingerprint density at radius 1 is 1.73 bits per heavy atom. The second-order valence-corrected chi connectivity index (χ2v) is 8.32. The number of thioether (sulfide) groups is 2. The summed E-state index contributed by atoms with van der Waals surface area (Å²) in [6, 6.07) is 0. The van der Waals surface area contributed by atoms with E-state index in [4.69, 9.17) is 4.55 Å². The van der Waals surface area contributed by atoms with E-state index in [0.717, 1.165) is 0 Å². The van der Waals surface area contributed by atoms with Crippen molar-refractivity contribution >= 4 is 39.4 Å². The van der Waals surface area contributed by atoms with Crippen LogP contribution in [0.15, 0.2) is 12.7 Å². The molecule has 0 aromatic rings. The Balaban J connectivity index is 2.69. The maximum Gasteiger partial charge on any atom is 0.267 e. The predicted octanol–water partition coefficient (Wildman–Crippen LogP) is 1.19. The molecule has 0 spiro atoms.